The molecule has 156 valence electrons. The third kappa shape index (κ3) is 5.63. The Morgan fingerprint density at radius 3 is 2.69 bits per heavy atom. The molecule has 2 heterocycles. The van der Waals surface area contributed by atoms with Crippen molar-refractivity contribution in [2.24, 2.45) is 17.6 Å². The number of aromatic nitrogens is 2. The molecule has 1 aliphatic heterocycles. The van der Waals surface area contributed by atoms with Crippen LogP contribution in [0.15, 0.2) is 40.1 Å². The average molecular weight is 479 g/mol. The van der Waals surface area contributed by atoms with Gasteiger partial charge in [-0.3, -0.25) is 9.59 Å². The first-order valence-corrected chi connectivity index (χ1v) is 11.6. The summed E-state index contributed by atoms with van der Waals surface area (Å²) in [7, 11) is 0. The first-order chi connectivity index (χ1) is 13.8. The third-order valence-electron chi connectivity index (χ3n) is 5.01. The smallest absolute Gasteiger partial charge is 0.233 e. The molecule has 1 fully saturated rings. The Hall–Kier alpha value is -1.80. The SMILES string of the molecule is CC(C)Cn1c(-c2ccc(Br)cc2)cnc1SCC(=O)N1CCCC(C(N)=O)C1. The van der Waals surface area contributed by atoms with Crippen LogP contribution in [-0.4, -0.2) is 45.1 Å². The molecule has 6 nitrogen and oxygen atoms in total. The largest absolute Gasteiger partial charge is 0.369 e. The highest BCUT2D eigenvalue weighted by Crippen LogP contribution is 2.29. The molecule has 1 aromatic carbocycles. The normalized spacial score (nSPS) is 17.0. The molecule has 1 aliphatic rings. The van der Waals surface area contributed by atoms with Gasteiger partial charge < -0.3 is 15.2 Å². The second-order valence-electron chi connectivity index (χ2n) is 7.81. The summed E-state index contributed by atoms with van der Waals surface area (Å²) in [5.74, 6) is 0.240. The van der Waals surface area contributed by atoms with Crippen molar-refractivity contribution in [3.63, 3.8) is 0 Å². The molecule has 2 amide bonds. The van der Waals surface area contributed by atoms with Crippen molar-refractivity contribution in [2.75, 3.05) is 18.8 Å². The Bertz CT molecular complexity index is 866. The topological polar surface area (TPSA) is 81.2 Å². The molecule has 0 saturated carbocycles. The Kier molecular flexibility index (Phi) is 7.40. The Morgan fingerprint density at radius 1 is 1.31 bits per heavy atom. The Labute approximate surface area is 184 Å². The van der Waals surface area contributed by atoms with Gasteiger partial charge in [-0.2, -0.15) is 0 Å². The zero-order valence-electron chi connectivity index (χ0n) is 16.8. The maximum absolute atomic E-state index is 12.7. The summed E-state index contributed by atoms with van der Waals surface area (Å²) in [5.41, 5.74) is 7.58. The number of halogens is 1. The number of thioether (sulfide) groups is 1. The third-order valence-corrected chi connectivity index (χ3v) is 6.51. The number of benzene rings is 1. The summed E-state index contributed by atoms with van der Waals surface area (Å²) in [4.78, 5) is 30.5. The predicted octanol–water partition coefficient (Wildman–Crippen LogP) is 3.78. The molecule has 0 aliphatic carbocycles. The molecule has 29 heavy (non-hydrogen) atoms. The van der Waals surface area contributed by atoms with Crippen molar-refractivity contribution in [1.82, 2.24) is 14.5 Å². The molecule has 1 unspecified atom stereocenters. The molecule has 1 atom stereocenters. The second-order valence-corrected chi connectivity index (χ2v) is 9.67. The number of likely N-dealkylation sites (tertiary alicyclic amines) is 1. The van der Waals surface area contributed by atoms with Crippen LogP contribution in [0.3, 0.4) is 0 Å². The van der Waals surface area contributed by atoms with Gasteiger partial charge in [0, 0.05) is 24.1 Å². The van der Waals surface area contributed by atoms with E-state index in [-0.39, 0.29) is 17.7 Å². The van der Waals surface area contributed by atoms with E-state index in [0.717, 1.165) is 40.3 Å². The zero-order valence-corrected chi connectivity index (χ0v) is 19.2. The number of carbonyl (C=O) groups is 2. The van der Waals surface area contributed by atoms with Crippen LogP contribution in [0.4, 0.5) is 0 Å². The van der Waals surface area contributed by atoms with Gasteiger partial charge in [0.25, 0.3) is 0 Å². The van der Waals surface area contributed by atoms with E-state index in [9.17, 15) is 9.59 Å². The summed E-state index contributed by atoms with van der Waals surface area (Å²) >= 11 is 4.93. The summed E-state index contributed by atoms with van der Waals surface area (Å²) in [6, 6.07) is 8.16. The molecule has 2 N–H and O–H groups in total. The maximum atomic E-state index is 12.7. The lowest BCUT2D eigenvalue weighted by Crippen LogP contribution is -2.44. The lowest BCUT2D eigenvalue weighted by Gasteiger charge is -2.31. The molecular weight excluding hydrogens is 452 g/mol. The molecule has 8 heteroatoms. The van der Waals surface area contributed by atoms with Crippen LogP contribution in [0.25, 0.3) is 11.3 Å². The molecule has 1 saturated heterocycles. The molecule has 0 radical (unpaired) electrons. The number of piperidine rings is 1. The van der Waals surface area contributed by atoms with Crippen LogP contribution >= 0.6 is 27.7 Å². The van der Waals surface area contributed by atoms with Crippen molar-refractivity contribution < 1.29 is 9.59 Å². The van der Waals surface area contributed by atoms with E-state index in [2.05, 4.69) is 51.5 Å². The lowest BCUT2D eigenvalue weighted by atomic mass is 9.97. The van der Waals surface area contributed by atoms with Crippen LogP contribution in [0.1, 0.15) is 26.7 Å². The Morgan fingerprint density at radius 2 is 2.03 bits per heavy atom. The van der Waals surface area contributed by atoms with Crippen LogP contribution < -0.4 is 5.73 Å². The first kappa shape index (κ1) is 21.9. The summed E-state index contributed by atoms with van der Waals surface area (Å²) in [5, 5.41) is 0.841. The summed E-state index contributed by atoms with van der Waals surface area (Å²) < 4.78 is 3.22. The van der Waals surface area contributed by atoms with E-state index in [1.54, 1.807) is 4.90 Å². The van der Waals surface area contributed by atoms with Crippen LogP contribution in [0.5, 0.6) is 0 Å². The fourth-order valence-corrected chi connectivity index (χ4v) is 4.68. The van der Waals surface area contributed by atoms with E-state index in [1.807, 2.05) is 18.3 Å². The van der Waals surface area contributed by atoms with Crippen molar-refractivity contribution in [1.29, 1.82) is 0 Å². The number of amides is 2. The number of carbonyl (C=O) groups excluding carboxylic acids is 2. The van der Waals surface area contributed by atoms with Gasteiger partial charge in [-0.25, -0.2) is 4.98 Å². The number of primary amides is 1. The number of rotatable bonds is 7. The van der Waals surface area contributed by atoms with Crippen molar-refractivity contribution in [2.45, 2.75) is 38.4 Å². The fourth-order valence-electron chi connectivity index (χ4n) is 3.52. The van der Waals surface area contributed by atoms with Crippen LogP contribution in [0, 0.1) is 11.8 Å². The molecular formula is C21H27BrN4O2S. The van der Waals surface area contributed by atoms with Crippen molar-refractivity contribution >= 4 is 39.5 Å². The molecule has 0 bridgehead atoms. The van der Waals surface area contributed by atoms with Gasteiger partial charge in [0.1, 0.15) is 0 Å². The van der Waals surface area contributed by atoms with Crippen molar-refractivity contribution in [3.05, 3.63) is 34.9 Å². The molecule has 3 rings (SSSR count). The fraction of sp³-hybridized carbons (Fsp3) is 0.476. The minimum atomic E-state index is -0.318. The predicted molar refractivity (Wildman–Crippen MR) is 119 cm³/mol. The quantitative estimate of drug-likeness (QED) is 0.613. The maximum Gasteiger partial charge on any atom is 0.233 e. The summed E-state index contributed by atoms with van der Waals surface area (Å²) in [6.45, 7) is 6.29. The number of hydrogen-bond donors (Lipinski definition) is 1. The first-order valence-electron chi connectivity index (χ1n) is 9.86. The van der Waals surface area contributed by atoms with Gasteiger partial charge in [-0.1, -0.05) is 53.7 Å². The van der Waals surface area contributed by atoms with Crippen LogP contribution in [0.2, 0.25) is 0 Å². The average Bonchev–Trinajstić information content (AvgIpc) is 3.08. The van der Waals surface area contributed by atoms with Crippen LogP contribution in [-0.2, 0) is 16.1 Å². The minimum Gasteiger partial charge on any atom is -0.369 e. The van der Waals surface area contributed by atoms with E-state index in [4.69, 9.17) is 5.73 Å². The highest BCUT2D eigenvalue weighted by Gasteiger charge is 2.27. The zero-order chi connectivity index (χ0) is 21.0. The number of hydrogen-bond acceptors (Lipinski definition) is 4. The van der Waals surface area contributed by atoms with E-state index < -0.39 is 0 Å². The van der Waals surface area contributed by atoms with Gasteiger partial charge in [0.15, 0.2) is 5.16 Å². The monoisotopic (exact) mass is 478 g/mol. The summed E-state index contributed by atoms with van der Waals surface area (Å²) in [6.07, 6.45) is 3.46. The second kappa shape index (κ2) is 9.80. The minimum absolute atomic E-state index is 0.0326. The van der Waals surface area contributed by atoms with Crippen molar-refractivity contribution in [3.8, 4) is 11.3 Å². The van der Waals surface area contributed by atoms with Gasteiger partial charge in [-0.05, 0) is 36.5 Å². The highest BCUT2D eigenvalue weighted by molar-refractivity contribution is 9.10. The molecule has 1 aromatic heterocycles. The van der Waals surface area contributed by atoms with Gasteiger partial charge >= 0.3 is 0 Å². The number of nitrogens with zero attached hydrogens (tertiary/aromatic N) is 3. The van der Waals surface area contributed by atoms with Gasteiger partial charge in [0.2, 0.25) is 11.8 Å². The standard InChI is InChI=1S/C21H27BrN4O2S/c1-14(2)11-26-18(15-5-7-17(22)8-6-15)10-24-21(26)29-13-19(27)25-9-3-4-16(12-25)20(23)28/h5-8,10,14,16H,3-4,9,11-13H2,1-2H3,(H2,23,28). The lowest BCUT2D eigenvalue weighted by molar-refractivity contribution is -0.132. The molecule has 0 spiro atoms. The number of imidazole rings is 1. The van der Waals surface area contributed by atoms with E-state index in [0.29, 0.717) is 24.8 Å². The van der Waals surface area contributed by atoms with E-state index in [1.165, 1.54) is 11.8 Å². The Balaban J connectivity index is 1.72. The number of nitrogens with two attached hydrogens (primary N) is 1. The van der Waals surface area contributed by atoms with E-state index >= 15 is 0 Å². The molecule has 2 aromatic rings. The van der Waals surface area contributed by atoms with Gasteiger partial charge in [0.05, 0.1) is 23.6 Å². The van der Waals surface area contributed by atoms with Gasteiger partial charge in [-0.15, -0.1) is 0 Å². The highest BCUT2D eigenvalue weighted by atomic mass is 79.9.